The lowest BCUT2D eigenvalue weighted by Gasteiger charge is -2.43. The topological polar surface area (TPSA) is 46.3 Å². The first-order valence-corrected chi connectivity index (χ1v) is 5.30. The fourth-order valence-electron chi connectivity index (χ4n) is 1.85. The minimum atomic E-state index is -4.61. The third-order valence-electron chi connectivity index (χ3n) is 3.16. The van der Waals surface area contributed by atoms with E-state index >= 15 is 0 Å². The molecule has 108 valence electrons. The number of nitrogens with zero attached hydrogens (tertiary/aromatic N) is 1. The van der Waals surface area contributed by atoms with Gasteiger partial charge >= 0.3 is 12.3 Å². The van der Waals surface area contributed by atoms with Gasteiger partial charge in [0, 0.05) is 19.1 Å². The maximum Gasteiger partial charge on any atom is 0.383 e. The van der Waals surface area contributed by atoms with Gasteiger partial charge in [-0.2, -0.15) is 8.78 Å². The third-order valence-corrected chi connectivity index (χ3v) is 3.16. The number of nitrogens with two attached hydrogens (primary N) is 1. The summed E-state index contributed by atoms with van der Waals surface area (Å²) in [5, 5.41) is 0. The van der Waals surface area contributed by atoms with Crippen molar-refractivity contribution in [3.63, 3.8) is 0 Å². The Morgan fingerprint density at radius 2 is 1.94 bits per heavy atom. The van der Waals surface area contributed by atoms with Crippen molar-refractivity contribution in [3.8, 4) is 0 Å². The Balaban J connectivity index is 0.00000289. The smallest absolute Gasteiger partial charge is 0.337 e. The van der Waals surface area contributed by atoms with Crippen molar-refractivity contribution in [2.24, 2.45) is 11.1 Å². The van der Waals surface area contributed by atoms with Gasteiger partial charge in [0.05, 0.1) is 0 Å². The molecule has 0 bridgehead atoms. The SMILES string of the molecule is CC1(C)CN(C(=O)C(F)(F)C(F)F)CCC1N.Cl. The number of amides is 1. The van der Waals surface area contributed by atoms with Gasteiger partial charge < -0.3 is 10.6 Å². The number of carbonyl (C=O) groups is 1. The van der Waals surface area contributed by atoms with E-state index in [0.717, 1.165) is 4.90 Å². The van der Waals surface area contributed by atoms with Gasteiger partial charge in [0.1, 0.15) is 0 Å². The molecule has 0 aromatic carbocycles. The summed E-state index contributed by atoms with van der Waals surface area (Å²) in [5.74, 6) is -6.43. The zero-order valence-electron chi connectivity index (χ0n) is 10.1. The van der Waals surface area contributed by atoms with E-state index in [1.165, 1.54) is 0 Å². The molecule has 1 amide bonds. The van der Waals surface area contributed by atoms with Crippen LogP contribution in [-0.4, -0.2) is 42.3 Å². The summed E-state index contributed by atoms with van der Waals surface area (Å²) >= 11 is 0. The monoisotopic (exact) mass is 292 g/mol. The molecule has 0 radical (unpaired) electrons. The molecular formula is C10H17ClF4N2O. The van der Waals surface area contributed by atoms with Crippen LogP contribution in [0.4, 0.5) is 17.6 Å². The second-order valence-electron chi connectivity index (χ2n) is 5.03. The maximum absolute atomic E-state index is 12.9. The first-order chi connectivity index (χ1) is 7.59. The van der Waals surface area contributed by atoms with Crippen LogP contribution in [0.15, 0.2) is 0 Å². The van der Waals surface area contributed by atoms with E-state index in [1.54, 1.807) is 13.8 Å². The van der Waals surface area contributed by atoms with Gasteiger partial charge in [-0.3, -0.25) is 4.79 Å². The number of alkyl halides is 4. The Morgan fingerprint density at radius 1 is 1.44 bits per heavy atom. The van der Waals surface area contributed by atoms with E-state index in [4.69, 9.17) is 5.73 Å². The molecule has 0 saturated carbocycles. The van der Waals surface area contributed by atoms with E-state index in [9.17, 15) is 22.4 Å². The van der Waals surface area contributed by atoms with Crippen LogP contribution in [0.2, 0.25) is 0 Å². The standard InChI is InChI=1S/C10H16F4N2O.ClH/c1-9(2)5-16(4-3-6(9)15)8(17)10(13,14)7(11)12;/h6-7H,3-5,15H2,1-2H3;1H. The van der Waals surface area contributed by atoms with Crippen LogP contribution in [-0.2, 0) is 4.79 Å². The normalized spacial score (nSPS) is 23.8. The molecule has 2 N–H and O–H groups in total. The van der Waals surface area contributed by atoms with E-state index in [-0.39, 0.29) is 31.5 Å². The second-order valence-corrected chi connectivity index (χ2v) is 5.03. The molecule has 8 heteroatoms. The van der Waals surface area contributed by atoms with E-state index in [2.05, 4.69) is 0 Å². The summed E-state index contributed by atoms with van der Waals surface area (Å²) in [5.41, 5.74) is 5.22. The lowest BCUT2D eigenvalue weighted by atomic mass is 9.79. The van der Waals surface area contributed by atoms with Gasteiger partial charge in [0.25, 0.3) is 5.91 Å². The van der Waals surface area contributed by atoms with Crippen molar-refractivity contribution < 1.29 is 22.4 Å². The van der Waals surface area contributed by atoms with Crippen molar-refractivity contribution in [2.45, 2.75) is 38.7 Å². The number of hydrogen-bond donors (Lipinski definition) is 1. The highest BCUT2D eigenvalue weighted by Gasteiger charge is 2.52. The molecule has 3 nitrogen and oxygen atoms in total. The zero-order valence-corrected chi connectivity index (χ0v) is 10.9. The summed E-state index contributed by atoms with van der Waals surface area (Å²) in [6.45, 7) is 3.40. The fourth-order valence-corrected chi connectivity index (χ4v) is 1.85. The zero-order chi connectivity index (χ0) is 13.4. The first kappa shape index (κ1) is 17.4. The molecule has 0 spiro atoms. The van der Waals surface area contributed by atoms with Gasteiger partial charge in [-0.1, -0.05) is 13.8 Å². The molecular weight excluding hydrogens is 276 g/mol. The molecule has 0 aromatic heterocycles. The molecule has 1 heterocycles. The van der Waals surface area contributed by atoms with Gasteiger partial charge in [0.2, 0.25) is 0 Å². The Morgan fingerprint density at radius 3 is 2.33 bits per heavy atom. The lowest BCUT2D eigenvalue weighted by molar-refractivity contribution is -0.183. The largest absolute Gasteiger partial charge is 0.383 e. The Hall–Kier alpha value is -0.560. The van der Waals surface area contributed by atoms with Gasteiger partial charge in [-0.25, -0.2) is 8.78 Å². The molecule has 0 aromatic rings. The van der Waals surface area contributed by atoms with Crippen molar-refractivity contribution in [1.82, 2.24) is 4.90 Å². The summed E-state index contributed by atoms with van der Waals surface area (Å²) in [6.07, 6.45) is -3.65. The highest BCUT2D eigenvalue weighted by Crippen LogP contribution is 2.32. The molecule has 1 rings (SSSR count). The summed E-state index contributed by atoms with van der Waals surface area (Å²) in [7, 11) is 0. The highest BCUT2D eigenvalue weighted by atomic mass is 35.5. The van der Waals surface area contributed by atoms with Crippen LogP contribution in [0.5, 0.6) is 0 Å². The number of rotatable bonds is 2. The summed E-state index contributed by atoms with van der Waals surface area (Å²) in [4.78, 5) is 12.1. The number of halogens is 5. The Labute approximate surface area is 109 Å². The molecule has 1 aliphatic rings. The molecule has 0 aliphatic carbocycles. The molecule has 1 unspecified atom stereocenters. The average Bonchev–Trinajstić information content (AvgIpc) is 2.20. The van der Waals surface area contributed by atoms with Crippen molar-refractivity contribution in [3.05, 3.63) is 0 Å². The molecule has 1 atom stereocenters. The van der Waals surface area contributed by atoms with Gasteiger partial charge in [0.15, 0.2) is 0 Å². The molecule has 1 fully saturated rings. The molecule has 1 aliphatic heterocycles. The Kier molecular flexibility index (Phi) is 5.43. The van der Waals surface area contributed by atoms with E-state index < -0.39 is 23.7 Å². The van der Waals surface area contributed by atoms with Crippen molar-refractivity contribution >= 4 is 18.3 Å². The van der Waals surface area contributed by atoms with Crippen LogP contribution < -0.4 is 5.73 Å². The predicted molar refractivity (Wildman–Crippen MR) is 61.2 cm³/mol. The van der Waals surface area contributed by atoms with Crippen LogP contribution in [0.1, 0.15) is 20.3 Å². The summed E-state index contributed by atoms with van der Waals surface area (Å²) in [6, 6.07) is -0.230. The number of carbonyl (C=O) groups excluding carboxylic acids is 1. The van der Waals surface area contributed by atoms with Crippen LogP contribution in [0, 0.1) is 5.41 Å². The quantitative estimate of drug-likeness (QED) is 0.790. The highest BCUT2D eigenvalue weighted by molar-refractivity contribution is 5.85. The van der Waals surface area contributed by atoms with Crippen molar-refractivity contribution in [1.29, 1.82) is 0 Å². The average molecular weight is 293 g/mol. The molecule has 18 heavy (non-hydrogen) atoms. The predicted octanol–water partition coefficient (Wildman–Crippen LogP) is 1.89. The van der Waals surface area contributed by atoms with Gasteiger partial charge in [-0.05, 0) is 11.8 Å². The van der Waals surface area contributed by atoms with E-state index in [0.29, 0.717) is 6.42 Å². The van der Waals surface area contributed by atoms with Crippen molar-refractivity contribution in [2.75, 3.05) is 13.1 Å². The second kappa shape index (κ2) is 5.61. The maximum atomic E-state index is 12.9. The van der Waals surface area contributed by atoms with E-state index in [1.807, 2.05) is 0 Å². The third kappa shape index (κ3) is 3.26. The number of likely N-dealkylation sites (tertiary alicyclic amines) is 1. The summed E-state index contributed by atoms with van der Waals surface area (Å²) < 4.78 is 49.9. The first-order valence-electron chi connectivity index (χ1n) is 5.30. The Bertz CT molecular complexity index is 312. The van der Waals surface area contributed by atoms with Crippen LogP contribution in [0.3, 0.4) is 0 Å². The minimum Gasteiger partial charge on any atom is -0.337 e. The van der Waals surface area contributed by atoms with Crippen LogP contribution in [0.25, 0.3) is 0 Å². The molecule has 1 saturated heterocycles. The minimum absolute atomic E-state index is 0. The van der Waals surface area contributed by atoms with Crippen LogP contribution >= 0.6 is 12.4 Å². The number of piperidine rings is 1. The van der Waals surface area contributed by atoms with Gasteiger partial charge in [-0.15, -0.1) is 12.4 Å². The number of hydrogen-bond acceptors (Lipinski definition) is 2. The lowest BCUT2D eigenvalue weighted by Crippen LogP contribution is -2.58. The fraction of sp³-hybridized carbons (Fsp3) is 0.900.